The Bertz CT molecular complexity index is 946. The van der Waals surface area contributed by atoms with Gasteiger partial charge in [-0.25, -0.2) is 4.98 Å². The molecule has 5 nitrogen and oxygen atoms in total. The lowest BCUT2D eigenvalue weighted by molar-refractivity contribution is 0.102. The molecule has 0 unspecified atom stereocenters. The van der Waals surface area contributed by atoms with Crippen molar-refractivity contribution in [2.24, 2.45) is 7.05 Å². The summed E-state index contributed by atoms with van der Waals surface area (Å²) >= 11 is 0. The molecule has 124 valence electrons. The zero-order valence-corrected chi connectivity index (χ0v) is 15.0. The van der Waals surface area contributed by atoms with Crippen LogP contribution in [-0.4, -0.2) is 20.7 Å². The smallest absolute Gasteiger partial charge is 0.256 e. The number of hydrogen-bond donors (Lipinski definition) is 1. The number of pyridine rings is 1. The SMILES string of the molecule is Cc1cc(C)c(NC(=O)c2cc(C)nc3c2c(C)nn3C)c(C)c1. The van der Waals surface area contributed by atoms with Crippen molar-refractivity contribution in [1.82, 2.24) is 14.8 Å². The zero-order valence-electron chi connectivity index (χ0n) is 15.0. The van der Waals surface area contributed by atoms with Gasteiger partial charge in [-0.15, -0.1) is 0 Å². The maximum absolute atomic E-state index is 13.0. The van der Waals surface area contributed by atoms with E-state index in [1.54, 1.807) is 4.68 Å². The number of aryl methyl sites for hydroxylation is 6. The molecule has 2 heterocycles. The minimum atomic E-state index is -0.128. The van der Waals surface area contributed by atoms with Crippen molar-refractivity contribution in [3.05, 3.63) is 51.8 Å². The van der Waals surface area contributed by atoms with Crippen LogP contribution in [0.15, 0.2) is 18.2 Å². The van der Waals surface area contributed by atoms with E-state index in [1.807, 2.05) is 40.8 Å². The molecule has 1 aromatic carbocycles. The first-order valence-corrected chi connectivity index (χ1v) is 7.98. The molecule has 3 aromatic rings. The summed E-state index contributed by atoms with van der Waals surface area (Å²) in [5.74, 6) is -0.128. The van der Waals surface area contributed by atoms with E-state index < -0.39 is 0 Å². The Labute approximate surface area is 141 Å². The van der Waals surface area contributed by atoms with Crippen molar-refractivity contribution in [3.8, 4) is 0 Å². The van der Waals surface area contributed by atoms with E-state index in [0.717, 1.165) is 39.2 Å². The molecule has 0 saturated carbocycles. The molecule has 0 aliphatic heterocycles. The third kappa shape index (κ3) is 2.66. The van der Waals surface area contributed by atoms with Crippen molar-refractivity contribution in [2.75, 3.05) is 5.32 Å². The number of fused-ring (bicyclic) bond motifs is 1. The van der Waals surface area contributed by atoms with E-state index in [-0.39, 0.29) is 5.91 Å². The Kier molecular flexibility index (Phi) is 3.87. The van der Waals surface area contributed by atoms with Gasteiger partial charge < -0.3 is 5.32 Å². The number of amides is 1. The van der Waals surface area contributed by atoms with Crippen LogP contribution in [0, 0.1) is 34.6 Å². The fourth-order valence-electron chi connectivity index (χ4n) is 3.31. The highest BCUT2D eigenvalue weighted by atomic mass is 16.1. The van der Waals surface area contributed by atoms with Crippen molar-refractivity contribution >= 4 is 22.6 Å². The molecule has 2 aromatic heterocycles. The first-order valence-electron chi connectivity index (χ1n) is 7.98. The molecular formula is C19H22N4O. The zero-order chi connectivity index (χ0) is 17.6. The Morgan fingerprint density at radius 2 is 1.67 bits per heavy atom. The first-order chi connectivity index (χ1) is 11.3. The van der Waals surface area contributed by atoms with Crippen molar-refractivity contribution in [3.63, 3.8) is 0 Å². The predicted molar refractivity (Wildman–Crippen MR) is 96.6 cm³/mol. The van der Waals surface area contributed by atoms with Gasteiger partial charge in [0.1, 0.15) is 0 Å². The molecule has 0 saturated heterocycles. The summed E-state index contributed by atoms with van der Waals surface area (Å²) in [6.45, 7) is 9.87. The fourth-order valence-corrected chi connectivity index (χ4v) is 3.31. The second-order valence-corrected chi connectivity index (χ2v) is 6.45. The summed E-state index contributed by atoms with van der Waals surface area (Å²) < 4.78 is 1.72. The molecule has 1 amide bonds. The largest absolute Gasteiger partial charge is 0.321 e. The van der Waals surface area contributed by atoms with Crippen LogP contribution in [0.1, 0.15) is 38.4 Å². The Hall–Kier alpha value is -2.69. The molecular weight excluding hydrogens is 300 g/mol. The Morgan fingerprint density at radius 3 is 2.29 bits per heavy atom. The summed E-state index contributed by atoms with van der Waals surface area (Å²) in [7, 11) is 1.84. The Balaban J connectivity index is 2.10. The number of aromatic nitrogens is 3. The number of benzene rings is 1. The monoisotopic (exact) mass is 322 g/mol. The van der Waals surface area contributed by atoms with Crippen molar-refractivity contribution in [2.45, 2.75) is 34.6 Å². The van der Waals surface area contributed by atoms with Gasteiger partial charge >= 0.3 is 0 Å². The normalized spacial score (nSPS) is 11.1. The highest BCUT2D eigenvalue weighted by molar-refractivity contribution is 6.13. The Morgan fingerprint density at radius 1 is 1.04 bits per heavy atom. The minimum Gasteiger partial charge on any atom is -0.321 e. The lowest BCUT2D eigenvalue weighted by atomic mass is 10.0. The molecule has 0 aliphatic carbocycles. The van der Waals surface area contributed by atoms with Gasteiger partial charge in [0, 0.05) is 18.4 Å². The average molecular weight is 322 g/mol. The van der Waals surface area contributed by atoms with Crippen LogP contribution in [0.2, 0.25) is 0 Å². The number of nitrogens with zero attached hydrogens (tertiary/aromatic N) is 3. The van der Waals surface area contributed by atoms with Crippen molar-refractivity contribution in [1.29, 1.82) is 0 Å². The number of nitrogens with one attached hydrogen (secondary N) is 1. The topological polar surface area (TPSA) is 59.8 Å². The quantitative estimate of drug-likeness (QED) is 0.781. The third-order valence-corrected chi connectivity index (χ3v) is 4.26. The summed E-state index contributed by atoms with van der Waals surface area (Å²) in [4.78, 5) is 17.5. The van der Waals surface area contributed by atoms with E-state index in [9.17, 15) is 4.79 Å². The summed E-state index contributed by atoms with van der Waals surface area (Å²) in [5.41, 5.74) is 7.13. The number of rotatable bonds is 2. The first kappa shape index (κ1) is 16.2. The molecule has 0 atom stereocenters. The highest BCUT2D eigenvalue weighted by Crippen LogP contribution is 2.26. The van der Waals surface area contributed by atoms with Crippen LogP contribution < -0.4 is 5.32 Å². The molecule has 0 bridgehead atoms. The van der Waals surface area contributed by atoms with E-state index >= 15 is 0 Å². The molecule has 0 spiro atoms. The maximum Gasteiger partial charge on any atom is 0.256 e. The molecule has 5 heteroatoms. The van der Waals surface area contributed by atoms with Crippen LogP contribution in [0.3, 0.4) is 0 Å². The number of carbonyl (C=O) groups excluding carboxylic acids is 1. The summed E-state index contributed by atoms with van der Waals surface area (Å²) in [6.07, 6.45) is 0. The van der Waals surface area contributed by atoms with Gasteiger partial charge in [-0.3, -0.25) is 9.48 Å². The molecule has 0 radical (unpaired) electrons. The second kappa shape index (κ2) is 5.74. The third-order valence-electron chi connectivity index (χ3n) is 4.26. The lowest BCUT2D eigenvalue weighted by Crippen LogP contribution is -2.15. The van der Waals surface area contributed by atoms with Gasteiger partial charge in [0.25, 0.3) is 5.91 Å². The van der Waals surface area contributed by atoms with Gasteiger partial charge in [-0.1, -0.05) is 17.7 Å². The van der Waals surface area contributed by atoms with Crippen LogP contribution in [-0.2, 0) is 7.05 Å². The van der Waals surface area contributed by atoms with Gasteiger partial charge in [0.05, 0.1) is 16.6 Å². The maximum atomic E-state index is 13.0. The van der Waals surface area contributed by atoms with E-state index in [4.69, 9.17) is 0 Å². The predicted octanol–water partition coefficient (Wildman–Crippen LogP) is 3.76. The highest BCUT2D eigenvalue weighted by Gasteiger charge is 2.19. The molecule has 0 fully saturated rings. The molecule has 3 rings (SSSR count). The van der Waals surface area contributed by atoms with Crippen LogP contribution >= 0.6 is 0 Å². The summed E-state index contributed by atoms with van der Waals surface area (Å²) in [5, 5.41) is 8.28. The lowest BCUT2D eigenvalue weighted by Gasteiger charge is -2.13. The fraction of sp³-hybridized carbons (Fsp3) is 0.316. The van der Waals surface area contributed by atoms with E-state index in [0.29, 0.717) is 5.56 Å². The van der Waals surface area contributed by atoms with E-state index in [1.165, 1.54) is 5.56 Å². The molecule has 24 heavy (non-hydrogen) atoms. The van der Waals surface area contributed by atoms with Gasteiger partial charge in [-0.05, 0) is 51.8 Å². The summed E-state index contributed by atoms with van der Waals surface area (Å²) in [6, 6.07) is 5.97. The van der Waals surface area contributed by atoms with Gasteiger partial charge in [0.15, 0.2) is 5.65 Å². The average Bonchev–Trinajstić information content (AvgIpc) is 2.76. The molecule has 0 aliphatic rings. The van der Waals surface area contributed by atoms with Crippen molar-refractivity contribution < 1.29 is 4.79 Å². The number of anilines is 1. The van der Waals surface area contributed by atoms with Gasteiger partial charge in [-0.2, -0.15) is 5.10 Å². The van der Waals surface area contributed by atoms with Crippen LogP contribution in [0.5, 0.6) is 0 Å². The van der Waals surface area contributed by atoms with Crippen LogP contribution in [0.4, 0.5) is 5.69 Å². The molecule has 1 N–H and O–H groups in total. The second-order valence-electron chi connectivity index (χ2n) is 6.45. The van der Waals surface area contributed by atoms with E-state index in [2.05, 4.69) is 34.5 Å². The van der Waals surface area contributed by atoms with Gasteiger partial charge in [0.2, 0.25) is 0 Å². The minimum absolute atomic E-state index is 0.128. The van der Waals surface area contributed by atoms with Crippen LogP contribution in [0.25, 0.3) is 11.0 Å². The standard InChI is InChI=1S/C19H22N4O/c1-10-7-11(2)17(12(3)8-10)21-19(24)15-9-13(4)20-18-16(15)14(5)22-23(18)6/h7-9H,1-6H3,(H,21,24). The number of carbonyl (C=O) groups is 1. The number of hydrogen-bond acceptors (Lipinski definition) is 3.